The van der Waals surface area contributed by atoms with Crippen molar-refractivity contribution in [1.29, 1.82) is 0 Å². The first-order valence-corrected chi connectivity index (χ1v) is 11.6. The third-order valence-corrected chi connectivity index (χ3v) is 6.32. The number of nitrogens with zero attached hydrogens (tertiary/aromatic N) is 3. The molecule has 3 aromatic rings. The van der Waals surface area contributed by atoms with Crippen molar-refractivity contribution in [2.45, 2.75) is 19.3 Å². The molecule has 1 fully saturated rings. The van der Waals surface area contributed by atoms with Crippen molar-refractivity contribution in [2.24, 2.45) is 0 Å². The summed E-state index contributed by atoms with van der Waals surface area (Å²) >= 11 is 0. The van der Waals surface area contributed by atoms with Crippen molar-refractivity contribution in [3.63, 3.8) is 0 Å². The van der Waals surface area contributed by atoms with Crippen LogP contribution in [0.3, 0.4) is 0 Å². The van der Waals surface area contributed by atoms with Gasteiger partial charge in [-0.3, -0.25) is 4.79 Å². The molecule has 7 heteroatoms. The van der Waals surface area contributed by atoms with E-state index in [1.165, 1.54) is 24.9 Å². The summed E-state index contributed by atoms with van der Waals surface area (Å²) in [5, 5.41) is 2.89. The summed E-state index contributed by atoms with van der Waals surface area (Å²) in [5.41, 5.74) is 3.88. The maximum absolute atomic E-state index is 13.5. The lowest BCUT2D eigenvalue weighted by Crippen LogP contribution is -2.44. The summed E-state index contributed by atoms with van der Waals surface area (Å²) in [6, 6.07) is 16.5. The first-order chi connectivity index (χ1) is 16.4. The summed E-state index contributed by atoms with van der Waals surface area (Å²) in [5.74, 6) is 0.477. The average molecular weight is 463 g/mol. The van der Waals surface area contributed by atoms with E-state index in [1.807, 2.05) is 0 Å². The number of hydrogen-bond donors (Lipinski definition) is 1. The number of likely N-dealkylation sites (N-methyl/N-ethyl adjacent to an activating group) is 1. The zero-order valence-electron chi connectivity index (χ0n) is 19.9. The van der Waals surface area contributed by atoms with Gasteiger partial charge in [0.25, 0.3) is 0 Å². The number of carbonyl (C=O) groups excluding carboxylic acids is 1. The number of methoxy groups -OCH3 is 1. The van der Waals surface area contributed by atoms with Gasteiger partial charge in [0.1, 0.15) is 17.4 Å². The molecule has 0 saturated carbocycles. The van der Waals surface area contributed by atoms with Gasteiger partial charge >= 0.3 is 0 Å². The minimum Gasteiger partial charge on any atom is -0.496 e. The highest BCUT2D eigenvalue weighted by Crippen LogP contribution is 2.31. The van der Waals surface area contributed by atoms with Crippen LogP contribution in [0.25, 0.3) is 11.1 Å². The van der Waals surface area contributed by atoms with E-state index in [4.69, 9.17) is 4.74 Å². The van der Waals surface area contributed by atoms with Gasteiger partial charge in [-0.05, 0) is 60.5 Å². The van der Waals surface area contributed by atoms with E-state index >= 15 is 0 Å². The lowest BCUT2D eigenvalue weighted by molar-refractivity contribution is -0.116. The van der Waals surface area contributed by atoms with Crippen LogP contribution >= 0.6 is 0 Å². The molecule has 1 N–H and O–H groups in total. The van der Waals surface area contributed by atoms with Crippen LogP contribution in [0.1, 0.15) is 24.8 Å². The first-order valence-electron chi connectivity index (χ1n) is 11.6. The Hall–Kier alpha value is -3.45. The summed E-state index contributed by atoms with van der Waals surface area (Å²) in [7, 11) is 3.65. The highest BCUT2D eigenvalue weighted by atomic mass is 19.1. The molecular formula is C27H31FN4O2. The Kier molecular flexibility index (Phi) is 7.43. The average Bonchev–Trinajstić information content (AvgIpc) is 2.84. The molecule has 4 rings (SSSR count). The molecule has 6 nitrogen and oxygen atoms in total. The fraction of sp³-hybridized carbons (Fsp3) is 0.333. The number of ether oxygens (including phenoxy) is 1. The SMILES string of the molecule is COc1cc(F)ccc1-c1ccnc(NC(=O)CC(C)c2ccc(N3CCN(C)CC3)cc2)c1. The largest absolute Gasteiger partial charge is 0.496 e. The molecular weight excluding hydrogens is 431 g/mol. The molecule has 0 bridgehead atoms. The molecule has 0 aliphatic carbocycles. The van der Waals surface area contributed by atoms with Gasteiger partial charge in [-0.15, -0.1) is 0 Å². The number of aromatic nitrogens is 1. The van der Waals surface area contributed by atoms with E-state index in [0.717, 1.165) is 42.9 Å². The van der Waals surface area contributed by atoms with Crippen molar-refractivity contribution in [3.05, 3.63) is 72.2 Å². The Labute approximate surface area is 200 Å². The molecule has 2 heterocycles. The number of benzene rings is 2. The Morgan fingerprint density at radius 3 is 2.53 bits per heavy atom. The second kappa shape index (κ2) is 10.7. The smallest absolute Gasteiger partial charge is 0.226 e. The molecule has 1 aliphatic heterocycles. The van der Waals surface area contributed by atoms with E-state index in [1.54, 1.807) is 24.4 Å². The number of halogens is 1. The van der Waals surface area contributed by atoms with Crippen LogP contribution in [0.5, 0.6) is 5.75 Å². The molecule has 1 aliphatic rings. The Balaban J connectivity index is 1.38. The molecule has 2 aromatic carbocycles. The minimum absolute atomic E-state index is 0.0712. The van der Waals surface area contributed by atoms with E-state index in [-0.39, 0.29) is 17.6 Å². The van der Waals surface area contributed by atoms with Crippen LogP contribution in [-0.2, 0) is 4.79 Å². The number of anilines is 2. The number of nitrogens with one attached hydrogen (secondary N) is 1. The lowest BCUT2D eigenvalue weighted by atomic mass is 9.97. The van der Waals surface area contributed by atoms with Gasteiger partial charge in [-0.25, -0.2) is 9.37 Å². The van der Waals surface area contributed by atoms with Crippen LogP contribution in [-0.4, -0.2) is 56.1 Å². The Bertz CT molecular complexity index is 1130. The number of pyridine rings is 1. The maximum atomic E-state index is 13.5. The summed E-state index contributed by atoms with van der Waals surface area (Å²) in [6.07, 6.45) is 1.97. The van der Waals surface area contributed by atoms with Crippen molar-refractivity contribution in [2.75, 3.05) is 50.6 Å². The zero-order valence-corrected chi connectivity index (χ0v) is 19.9. The van der Waals surface area contributed by atoms with Crippen LogP contribution in [0, 0.1) is 5.82 Å². The van der Waals surface area contributed by atoms with Gasteiger partial charge in [-0.2, -0.15) is 0 Å². The van der Waals surface area contributed by atoms with E-state index in [0.29, 0.717) is 18.0 Å². The number of rotatable bonds is 7. The highest BCUT2D eigenvalue weighted by molar-refractivity contribution is 5.91. The van der Waals surface area contributed by atoms with Crippen molar-refractivity contribution < 1.29 is 13.9 Å². The van der Waals surface area contributed by atoms with Crippen LogP contribution in [0.15, 0.2) is 60.8 Å². The second-order valence-electron chi connectivity index (χ2n) is 8.81. The molecule has 34 heavy (non-hydrogen) atoms. The standard InChI is InChI=1S/C27H31FN4O2/c1-19(20-4-7-23(8-5-20)32-14-12-31(2)13-15-32)16-27(33)30-26-17-21(10-11-29-26)24-9-6-22(28)18-25(24)34-3/h4-11,17-19H,12-16H2,1-3H3,(H,29,30,33). The maximum Gasteiger partial charge on any atom is 0.226 e. The number of amides is 1. The molecule has 0 radical (unpaired) electrons. The molecule has 1 aromatic heterocycles. The Morgan fingerprint density at radius 2 is 1.82 bits per heavy atom. The van der Waals surface area contributed by atoms with E-state index in [9.17, 15) is 9.18 Å². The Morgan fingerprint density at radius 1 is 1.09 bits per heavy atom. The summed E-state index contributed by atoms with van der Waals surface area (Å²) < 4.78 is 18.8. The molecule has 1 saturated heterocycles. The molecule has 178 valence electrons. The monoisotopic (exact) mass is 462 g/mol. The molecule has 1 atom stereocenters. The predicted octanol–water partition coefficient (Wildman–Crippen LogP) is 4.78. The van der Waals surface area contributed by atoms with Gasteiger partial charge < -0.3 is 19.9 Å². The number of carbonyl (C=O) groups is 1. The predicted molar refractivity (Wildman–Crippen MR) is 134 cm³/mol. The third kappa shape index (κ3) is 5.72. The molecule has 1 unspecified atom stereocenters. The zero-order chi connectivity index (χ0) is 24.1. The van der Waals surface area contributed by atoms with Gasteiger partial charge in [0.05, 0.1) is 7.11 Å². The summed E-state index contributed by atoms with van der Waals surface area (Å²) in [4.78, 5) is 21.7. The van der Waals surface area contributed by atoms with Crippen LogP contribution in [0.2, 0.25) is 0 Å². The van der Waals surface area contributed by atoms with Gasteiger partial charge in [0.15, 0.2) is 0 Å². The van der Waals surface area contributed by atoms with E-state index < -0.39 is 0 Å². The fourth-order valence-corrected chi connectivity index (χ4v) is 4.24. The van der Waals surface area contributed by atoms with Crippen LogP contribution in [0.4, 0.5) is 15.9 Å². The normalized spacial score (nSPS) is 15.1. The van der Waals surface area contributed by atoms with Crippen LogP contribution < -0.4 is 15.0 Å². The quantitative estimate of drug-likeness (QED) is 0.548. The number of piperazine rings is 1. The fourth-order valence-electron chi connectivity index (χ4n) is 4.24. The van der Waals surface area contributed by atoms with Gasteiger partial charge in [-0.1, -0.05) is 19.1 Å². The van der Waals surface area contributed by atoms with Crippen molar-refractivity contribution in [1.82, 2.24) is 9.88 Å². The highest BCUT2D eigenvalue weighted by Gasteiger charge is 2.16. The van der Waals surface area contributed by atoms with Gasteiger partial charge in [0.2, 0.25) is 5.91 Å². The van der Waals surface area contributed by atoms with Crippen molar-refractivity contribution >= 4 is 17.4 Å². The topological polar surface area (TPSA) is 57.7 Å². The second-order valence-corrected chi connectivity index (χ2v) is 8.81. The van der Waals surface area contributed by atoms with Gasteiger partial charge in [0, 0.05) is 56.1 Å². The van der Waals surface area contributed by atoms with E-state index in [2.05, 4.69) is 58.3 Å². The molecule has 1 amide bonds. The summed E-state index contributed by atoms with van der Waals surface area (Å²) in [6.45, 7) is 6.26. The lowest BCUT2D eigenvalue weighted by Gasteiger charge is -2.34. The minimum atomic E-state index is -0.367. The van der Waals surface area contributed by atoms with Crippen molar-refractivity contribution in [3.8, 4) is 16.9 Å². The first kappa shape index (κ1) is 23.7. The third-order valence-electron chi connectivity index (χ3n) is 6.32. The molecule has 0 spiro atoms. The number of hydrogen-bond acceptors (Lipinski definition) is 5.